The second-order valence-corrected chi connectivity index (χ2v) is 4.58. The van der Waals surface area contributed by atoms with Crippen LogP contribution in [0.5, 0.6) is 0 Å². The van der Waals surface area contributed by atoms with Crippen LogP contribution < -0.4 is 5.73 Å². The summed E-state index contributed by atoms with van der Waals surface area (Å²) in [5.74, 6) is 0. The molecule has 4 nitrogen and oxygen atoms in total. The van der Waals surface area contributed by atoms with Crippen molar-refractivity contribution in [3.63, 3.8) is 0 Å². The lowest BCUT2D eigenvalue weighted by atomic mass is 10.1. The van der Waals surface area contributed by atoms with E-state index in [1.54, 1.807) is 0 Å². The van der Waals surface area contributed by atoms with Crippen LogP contribution in [0, 0.1) is 0 Å². The van der Waals surface area contributed by atoms with E-state index in [4.69, 9.17) is 5.73 Å². The van der Waals surface area contributed by atoms with Crippen molar-refractivity contribution in [1.29, 1.82) is 0 Å². The summed E-state index contributed by atoms with van der Waals surface area (Å²) < 4.78 is 1.94. The predicted octanol–water partition coefficient (Wildman–Crippen LogP) is 2.12. The van der Waals surface area contributed by atoms with E-state index in [1.807, 2.05) is 29.1 Å². The Morgan fingerprint density at radius 2 is 2.06 bits per heavy atom. The number of para-hydroxylation sites is 1. The molecule has 0 aliphatic heterocycles. The molecule has 0 fully saturated rings. The number of hydrogen-bond acceptors (Lipinski definition) is 3. The molecular weight excluding hydrogens is 224 g/mol. The molecule has 0 unspecified atom stereocenters. The highest BCUT2D eigenvalue weighted by Gasteiger charge is 2.05. The van der Waals surface area contributed by atoms with Crippen molar-refractivity contribution in [3.8, 4) is 0 Å². The number of nitrogens with zero attached hydrogens (tertiary/aromatic N) is 3. The van der Waals surface area contributed by atoms with Crippen LogP contribution in [0.4, 0.5) is 5.69 Å². The molecule has 0 radical (unpaired) electrons. The molecule has 1 aromatic carbocycles. The Bertz CT molecular complexity index is 504. The van der Waals surface area contributed by atoms with E-state index in [0.29, 0.717) is 0 Å². The fourth-order valence-electron chi connectivity index (χ4n) is 2.00. The topological polar surface area (TPSA) is 47.1 Å². The van der Waals surface area contributed by atoms with Gasteiger partial charge in [0.2, 0.25) is 0 Å². The third-order valence-corrected chi connectivity index (χ3v) is 2.96. The number of benzene rings is 1. The Morgan fingerprint density at radius 1 is 1.28 bits per heavy atom. The second kappa shape index (κ2) is 5.69. The van der Waals surface area contributed by atoms with Crippen LogP contribution in [0.2, 0.25) is 0 Å². The quantitative estimate of drug-likeness (QED) is 0.819. The molecular formula is C14H20N4. The Morgan fingerprint density at radius 3 is 2.72 bits per heavy atom. The van der Waals surface area contributed by atoms with Crippen LogP contribution in [0.3, 0.4) is 0 Å². The summed E-state index contributed by atoms with van der Waals surface area (Å²) in [6, 6.07) is 8.00. The van der Waals surface area contributed by atoms with Crippen LogP contribution in [0.25, 0.3) is 0 Å². The lowest BCUT2D eigenvalue weighted by molar-refractivity contribution is 0.319. The molecule has 0 amide bonds. The zero-order chi connectivity index (χ0) is 13.0. The molecule has 2 N–H and O–H groups in total. The zero-order valence-corrected chi connectivity index (χ0v) is 11.0. The lowest BCUT2D eigenvalue weighted by Gasteiger charge is -2.16. The van der Waals surface area contributed by atoms with E-state index in [2.05, 4.69) is 36.2 Å². The summed E-state index contributed by atoms with van der Waals surface area (Å²) in [5.41, 5.74) is 9.20. The van der Waals surface area contributed by atoms with Crippen molar-refractivity contribution >= 4 is 5.69 Å². The monoisotopic (exact) mass is 244 g/mol. The first kappa shape index (κ1) is 12.6. The van der Waals surface area contributed by atoms with Gasteiger partial charge in [-0.15, -0.1) is 0 Å². The highest BCUT2D eigenvalue weighted by Crippen LogP contribution is 2.14. The minimum Gasteiger partial charge on any atom is -0.398 e. The van der Waals surface area contributed by atoms with Crippen molar-refractivity contribution in [3.05, 3.63) is 47.8 Å². The molecule has 0 spiro atoms. The van der Waals surface area contributed by atoms with Crippen molar-refractivity contribution in [2.45, 2.75) is 26.6 Å². The maximum atomic E-state index is 5.94. The molecule has 0 aliphatic rings. The normalized spacial score (nSPS) is 11.1. The summed E-state index contributed by atoms with van der Waals surface area (Å²) in [6.07, 6.45) is 4.01. The van der Waals surface area contributed by atoms with Gasteiger partial charge in [-0.1, -0.05) is 18.2 Å². The Kier molecular flexibility index (Phi) is 3.99. The van der Waals surface area contributed by atoms with Gasteiger partial charge in [-0.3, -0.25) is 9.58 Å². The highest BCUT2D eigenvalue weighted by molar-refractivity contribution is 5.46. The van der Waals surface area contributed by atoms with Crippen molar-refractivity contribution < 1.29 is 0 Å². The molecule has 0 saturated heterocycles. The molecule has 0 bridgehead atoms. The number of aryl methyl sites for hydroxylation is 1. The number of aromatic nitrogens is 2. The van der Waals surface area contributed by atoms with Crippen LogP contribution in [0.1, 0.15) is 18.1 Å². The molecule has 2 rings (SSSR count). The Hall–Kier alpha value is -1.81. The number of rotatable bonds is 5. The predicted molar refractivity (Wildman–Crippen MR) is 73.9 cm³/mol. The van der Waals surface area contributed by atoms with Gasteiger partial charge in [-0.05, 0) is 25.6 Å². The SMILES string of the molecule is CCn1cc(CN(C)Cc2ccccc2N)cn1. The fraction of sp³-hybridized carbons (Fsp3) is 0.357. The third kappa shape index (κ3) is 3.11. The van der Waals surface area contributed by atoms with Crippen LogP contribution in [-0.2, 0) is 19.6 Å². The Labute approximate surface area is 108 Å². The molecule has 0 saturated carbocycles. The Balaban J connectivity index is 1.96. The van der Waals surface area contributed by atoms with Crippen molar-refractivity contribution in [2.75, 3.05) is 12.8 Å². The van der Waals surface area contributed by atoms with Crippen LogP contribution >= 0.6 is 0 Å². The summed E-state index contributed by atoms with van der Waals surface area (Å²) >= 11 is 0. The maximum absolute atomic E-state index is 5.94. The van der Waals surface area contributed by atoms with Crippen molar-refractivity contribution in [2.24, 2.45) is 0 Å². The maximum Gasteiger partial charge on any atom is 0.0534 e. The number of nitrogens with two attached hydrogens (primary N) is 1. The van der Waals surface area contributed by atoms with Crippen molar-refractivity contribution in [1.82, 2.24) is 14.7 Å². The fourth-order valence-corrected chi connectivity index (χ4v) is 2.00. The summed E-state index contributed by atoms with van der Waals surface area (Å²) in [5, 5.41) is 4.28. The molecule has 0 aliphatic carbocycles. The standard InChI is InChI=1S/C14H20N4/c1-3-18-10-12(8-16-18)9-17(2)11-13-6-4-5-7-14(13)15/h4-8,10H,3,9,11,15H2,1-2H3. The van der Waals surface area contributed by atoms with E-state index in [0.717, 1.165) is 25.3 Å². The van der Waals surface area contributed by atoms with E-state index >= 15 is 0 Å². The average molecular weight is 244 g/mol. The van der Waals surface area contributed by atoms with Gasteiger partial charge >= 0.3 is 0 Å². The van der Waals surface area contributed by atoms with Gasteiger partial charge in [0.25, 0.3) is 0 Å². The van der Waals surface area contributed by atoms with Gasteiger partial charge in [0.15, 0.2) is 0 Å². The molecule has 1 aromatic heterocycles. The molecule has 2 aromatic rings. The number of anilines is 1. The third-order valence-electron chi connectivity index (χ3n) is 2.96. The number of nitrogen functional groups attached to an aromatic ring is 1. The van der Waals surface area contributed by atoms with Gasteiger partial charge in [0, 0.05) is 37.1 Å². The average Bonchev–Trinajstić information content (AvgIpc) is 2.80. The molecule has 18 heavy (non-hydrogen) atoms. The largest absolute Gasteiger partial charge is 0.398 e. The summed E-state index contributed by atoms with van der Waals surface area (Å²) in [7, 11) is 2.09. The van der Waals surface area contributed by atoms with Gasteiger partial charge in [0.05, 0.1) is 6.20 Å². The molecule has 1 heterocycles. The first-order valence-corrected chi connectivity index (χ1v) is 6.22. The smallest absolute Gasteiger partial charge is 0.0534 e. The first-order valence-electron chi connectivity index (χ1n) is 6.22. The van der Waals surface area contributed by atoms with E-state index < -0.39 is 0 Å². The van der Waals surface area contributed by atoms with E-state index in [9.17, 15) is 0 Å². The zero-order valence-electron chi connectivity index (χ0n) is 11.0. The summed E-state index contributed by atoms with van der Waals surface area (Å²) in [4.78, 5) is 2.24. The number of hydrogen-bond donors (Lipinski definition) is 1. The van der Waals surface area contributed by atoms with E-state index in [1.165, 1.54) is 11.1 Å². The lowest BCUT2D eigenvalue weighted by Crippen LogP contribution is -2.17. The second-order valence-electron chi connectivity index (χ2n) is 4.58. The van der Waals surface area contributed by atoms with Gasteiger partial charge < -0.3 is 5.73 Å². The highest BCUT2D eigenvalue weighted by atomic mass is 15.3. The molecule has 96 valence electrons. The first-order chi connectivity index (χ1) is 8.69. The van der Waals surface area contributed by atoms with Gasteiger partial charge in [0.1, 0.15) is 0 Å². The van der Waals surface area contributed by atoms with Crippen LogP contribution in [0.15, 0.2) is 36.7 Å². The molecule has 0 atom stereocenters. The summed E-state index contributed by atoms with van der Waals surface area (Å²) in [6.45, 7) is 4.73. The van der Waals surface area contributed by atoms with Gasteiger partial charge in [-0.25, -0.2) is 0 Å². The minimum absolute atomic E-state index is 0.851. The molecule has 4 heteroatoms. The van der Waals surface area contributed by atoms with Crippen LogP contribution in [-0.4, -0.2) is 21.7 Å². The van der Waals surface area contributed by atoms with Gasteiger partial charge in [-0.2, -0.15) is 5.10 Å². The minimum atomic E-state index is 0.851. The van der Waals surface area contributed by atoms with E-state index in [-0.39, 0.29) is 0 Å².